The highest BCUT2D eigenvalue weighted by Gasteiger charge is 2.32. The Balaban J connectivity index is 1.52. The number of urea groups is 1. The van der Waals surface area contributed by atoms with Gasteiger partial charge >= 0.3 is 6.03 Å². The van der Waals surface area contributed by atoms with Gasteiger partial charge in [-0.25, -0.2) is 9.78 Å². The standard InChI is InChI=1S/C19H25ClN6O/c1-19(2)8-16-14(9-23-26(16)11-19)13-7-17(22-10-15(13)20)25-18(27)24-12-3-5-21-6-4-12/h7,9-10,12,21H,3-6,8,11H2,1-2H3,(H2,22,24,25,27). The van der Waals surface area contributed by atoms with E-state index in [1.807, 2.05) is 16.9 Å². The van der Waals surface area contributed by atoms with Crippen molar-refractivity contribution in [3.05, 3.63) is 29.2 Å². The summed E-state index contributed by atoms with van der Waals surface area (Å²) in [7, 11) is 0. The molecule has 2 aromatic rings. The Kier molecular flexibility index (Phi) is 4.82. The van der Waals surface area contributed by atoms with Crippen LogP contribution in [0, 0.1) is 5.41 Å². The lowest BCUT2D eigenvalue weighted by molar-refractivity contribution is 0.245. The van der Waals surface area contributed by atoms with Crippen molar-refractivity contribution in [3.8, 4) is 11.1 Å². The van der Waals surface area contributed by atoms with Crippen LogP contribution in [0.25, 0.3) is 11.1 Å². The number of halogens is 1. The minimum atomic E-state index is -0.232. The molecule has 4 heterocycles. The molecule has 8 heteroatoms. The highest BCUT2D eigenvalue weighted by Crippen LogP contribution is 2.39. The molecule has 0 radical (unpaired) electrons. The molecule has 2 aliphatic rings. The van der Waals surface area contributed by atoms with E-state index in [2.05, 4.69) is 39.9 Å². The van der Waals surface area contributed by atoms with Crippen LogP contribution in [0.15, 0.2) is 18.5 Å². The molecule has 0 saturated carbocycles. The van der Waals surface area contributed by atoms with Gasteiger partial charge in [-0.15, -0.1) is 0 Å². The molecule has 7 nitrogen and oxygen atoms in total. The Morgan fingerprint density at radius 3 is 2.85 bits per heavy atom. The number of piperidine rings is 1. The Bertz CT molecular complexity index is 856. The summed E-state index contributed by atoms with van der Waals surface area (Å²) in [6.07, 6.45) is 6.25. The van der Waals surface area contributed by atoms with E-state index in [1.165, 1.54) is 5.69 Å². The quantitative estimate of drug-likeness (QED) is 0.754. The maximum atomic E-state index is 12.3. The summed E-state index contributed by atoms with van der Waals surface area (Å²) < 4.78 is 2.04. The highest BCUT2D eigenvalue weighted by molar-refractivity contribution is 6.33. The monoisotopic (exact) mass is 388 g/mol. The number of rotatable bonds is 3. The average molecular weight is 389 g/mol. The van der Waals surface area contributed by atoms with Crippen molar-refractivity contribution in [2.75, 3.05) is 18.4 Å². The van der Waals surface area contributed by atoms with Crippen LogP contribution in [0.4, 0.5) is 10.6 Å². The van der Waals surface area contributed by atoms with Crippen molar-refractivity contribution in [2.24, 2.45) is 5.41 Å². The van der Waals surface area contributed by atoms with Crippen molar-refractivity contribution in [1.82, 2.24) is 25.4 Å². The van der Waals surface area contributed by atoms with Crippen LogP contribution in [0.2, 0.25) is 5.02 Å². The predicted molar refractivity (Wildman–Crippen MR) is 106 cm³/mol. The van der Waals surface area contributed by atoms with Crippen molar-refractivity contribution in [1.29, 1.82) is 0 Å². The number of anilines is 1. The number of carbonyl (C=O) groups excluding carboxylic acids is 1. The van der Waals surface area contributed by atoms with Gasteiger partial charge in [-0.1, -0.05) is 25.4 Å². The molecule has 3 N–H and O–H groups in total. The molecule has 1 saturated heterocycles. The first kappa shape index (κ1) is 18.3. The van der Waals surface area contributed by atoms with Gasteiger partial charge in [0.25, 0.3) is 0 Å². The largest absolute Gasteiger partial charge is 0.335 e. The number of fused-ring (bicyclic) bond motifs is 1. The first-order valence-electron chi connectivity index (χ1n) is 9.40. The van der Waals surface area contributed by atoms with Crippen molar-refractivity contribution < 1.29 is 4.79 Å². The second-order valence-electron chi connectivity index (χ2n) is 8.18. The van der Waals surface area contributed by atoms with Gasteiger partial charge in [-0.2, -0.15) is 5.10 Å². The van der Waals surface area contributed by atoms with E-state index in [4.69, 9.17) is 11.6 Å². The normalized spacial score (nSPS) is 18.9. The van der Waals surface area contributed by atoms with Crippen molar-refractivity contribution in [2.45, 2.75) is 45.7 Å². The van der Waals surface area contributed by atoms with Gasteiger partial charge in [-0.05, 0) is 43.8 Å². The molecule has 1 fully saturated rings. The fourth-order valence-electron chi connectivity index (χ4n) is 3.89. The molecule has 2 amide bonds. The summed E-state index contributed by atoms with van der Waals surface area (Å²) in [4.78, 5) is 16.6. The van der Waals surface area contributed by atoms with E-state index in [0.29, 0.717) is 10.8 Å². The second-order valence-corrected chi connectivity index (χ2v) is 8.58. The Morgan fingerprint density at radius 1 is 1.30 bits per heavy atom. The Labute approximate surface area is 163 Å². The number of hydrogen-bond donors (Lipinski definition) is 3. The predicted octanol–water partition coefficient (Wildman–Crippen LogP) is 3.05. The van der Waals surface area contributed by atoms with Gasteiger partial charge < -0.3 is 10.6 Å². The van der Waals surface area contributed by atoms with Crippen LogP contribution in [0.1, 0.15) is 32.4 Å². The molecule has 144 valence electrons. The molecule has 0 atom stereocenters. The third kappa shape index (κ3) is 3.94. The minimum Gasteiger partial charge on any atom is -0.335 e. The van der Waals surface area contributed by atoms with E-state index >= 15 is 0 Å². The topological polar surface area (TPSA) is 83.9 Å². The van der Waals surface area contributed by atoms with Crippen LogP contribution < -0.4 is 16.0 Å². The van der Waals surface area contributed by atoms with E-state index in [-0.39, 0.29) is 17.5 Å². The van der Waals surface area contributed by atoms with Crippen LogP contribution in [0.3, 0.4) is 0 Å². The van der Waals surface area contributed by atoms with Gasteiger partial charge in [0, 0.05) is 35.6 Å². The average Bonchev–Trinajstić information content (AvgIpc) is 3.12. The number of nitrogens with one attached hydrogen (secondary N) is 3. The number of amides is 2. The van der Waals surface area contributed by atoms with Gasteiger partial charge in [0.2, 0.25) is 0 Å². The lowest BCUT2D eigenvalue weighted by Crippen LogP contribution is -2.44. The fraction of sp³-hybridized carbons (Fsp3) is 0.526. The Morgan fingerprint density at radius 2 is 2.07 bits per heavy atom. The zero-order chi connectivity index (χ0) is 19.0. The zero-order valence-electron chi connectivity index (χ0n) is 15.7. The maximum Gasteiger partial charge on any atom is 0.320 e. The summed E-state index contributed by atoms with van der Waals surface area (Å²) in [6.45, 7) is 7.22. The number of nitrogens with zero attached hydrogens (tertiary/aromatic N) is 3. The van der Waals surface area contributed by atoms with Crippen molar-refractivity contribution >= 4 is 23.4 Å². The molecule has 2 aromatic heterocycles. The van der Waals surface area contributed by atoms with Crippen molar-refractivity contribution in [3.63, 3.8) is 0 Å². The SMILES string of the molecule is CC1(C)Cc2c(-c3cc(NC(=O)NC4CCNCC4)ncc3Cl)cnn2C1. The number of hydrogen-bond acceptors (Lipinski definition) is 4. The number of carbonyl (C=O) groups is 1. The number of aromatic nitrogens is 3. The van der Waals surface area contributed by atoms with Crippen LogP contribution in [-0.4, -0.2) is 39.9 Å². The van der Waals surface area contributed by atoms with Gasteiger partial charge in [-0.3, -0.25) is 10.00 Å². The summed E-state index contributed by atoms with van der Waals surface area (Å²) >= 11 is 6.42. The van der Waals surface area contributed by atoms with E-state index in [9.17, 15) is 4.79 Å². The Hall–Kier alpha value is -2.12. The highest BCUT2D eigenvalue weighted by atomic mass is 35.5. The minimum absolute atomic E-state index is 0.188. The molecular formula is C19H25ClN6O. The number of pyridine rings is 1. The third-order valence-electron chi connectivity index (χ3n) is 5.23. The molecule has 27 heavy (non-hydrogen) atoms. The smallest absolute Gasteiger partial charge is 0.320 e. The van der Waals surface area contributed by atoms with Crippen LogP contribution in [0.5, 0.6) is 0 Å². The molecule has 0 aliphatic carbocycles. The fourth-order valence-corrected chi connectivity index (χ4v) is 4.10. The maximum absolute atomic E-state index is 12.3. The molecule has 2 aliphatic heterocycles. The lowest BCUT2D eigenvalue weighted by atomic mass is 9.89. The van der Waals surface area contributed by atoms with Crippen LogP contribution >= 0.6 is 11.6 Å². The zero-order valence-corrected chi connectivity index (χ0v) is 16.4. The third-order valence-corrected chi connectivity index (χ3v) is 5.54. The van der Waals surface area contributed by atoms with Gasteiger partial charge in [0.05, 0.1) is 11.2 Å². The first-order chi connectivity index (χ1) is 12.9. The molecule has 0 unspecified atom stereocenters. The molecule has 4 rings (SSSR count). The molecular weight excluding hydrogens is 364 g/mol. The second kappa shape index (κ2) is 7.13. The van der Waals surface area contributed by atoms with E-state index < -0.39 is 0 Å². The van der Waals surface area contributed by atoms with Gasteiger partial charge in [0.15, 0.2) is 0 Å². The summed E-state index contributed by atoms with van der Waals surface area (Å²) in [5.74, 6) is 0.484. The van der Waals surface area contributed by atoms with E-state index in [0.717, 1.165) is 50.0 Å². The molecule has 0 aromatic carbocycles. The summed E-state index contributed by atoms with van der Waals surface area (Å²) in [6, 6.07) is 1.79. The first-order valence-corrected chi connectivity index (χ1v) is 9.78. The summed E-state index contributed by atoms with van der Waals surface area (Å²) in [5, 5.41) is 14.2. The van der Waals surface area contributed by atoms with E-state index in [1.54, 1.807) is 6.20 Å². The molecule has 0 bridgehead atoms. The van der Waals surface area contributed by atoms with Gasteiger partial charge in [0.1, 0.15) is 5.82 Å². The van der Waals surface area contributed by atoms with Crippen LogP contribution in [-0.2, 0) is 13.0 Å². The summed E-state index contributed by atoms with van der Waals surface area (Å²) in [5.41, 5.74) is 3.23. The molecule has 0 spiro atoms. The lowest BCUT2D eigenvalue weighted by Gasteiger charge is -2.23.